The van der Waals surface area contributed by atoms with Crippen LogP contribution in [0.25, 0.3) is 0 Å². The number of benzene rings is 1. The Morgan fingerprint density at radius 3 is 2.42 bits per heavy atom. The maximum atomic E-state index is 12.4. The largest absolute Gasteiger partial charge is 0.497 e. The van der Waals surface area contributed by atoms with E-state index in [9.17, 15) is 9.59 Å². The fourth-order valence-corrected chi connectivity index (χ4v) is 2.11. The molecule has 0 aliphatic rings. The third-order valence-corrected chi connectivity index (χ3v) is 3.25. The van der Waals surface area contributed by atoms with Crippen molar-refractivity contribution in [2.45, 2.75) is 26.7 Å². The molecule has 5 heteroatoms. The molecular weight excluding hydrogens is 308 g/mol. The van der Waals surface area contributed by atoms with Crippen LogP contribution in [0.15, 0.2) is 42.0 Å². The molecule has 0 saturated heterocycles. The summed E-state index contributed by atoms with van der Waals surface area (Å²) >= 11 is 0. The van der Waals surface area contributed by atoms with E-state index >= 15 is 0 Å². The van der Waals surface area contributed by atoms with Gasteiger partial charge in [0.05, 0.1) is 26.4 Å². The zero-order chi connectivity index (χ0) is 17.9. The lowest BCUT2D eigenvalue weighted by Crippen LogP contribution is -2.02. The number of allylic oxidation sites excluding steroid dienone is 3. The lowest BCUT2D eigenvalue weighted by molar-refractivity contribution is -0.137. The third-order valence-electron chi connectivity index (χ3n) is 3.25. The number of methoxy groups -OCH3 is 2. The van der Waals surface area contributed by atoms with Crippen LogP contribution >= 0.6 is 0 Å². The van der Waals surface area contributed by atoms with E-state index in [2.05, 4.69) is 0 Å². The summed E-state index contributed by atoms with van der Waals surface area (Å²) < 4.78 is 15.3. The molecule has 130 valence electrons. The third kappa shape index (κ3) is 5.91. The number of hydrogen-bond donors (Lipinski definition) is 0. The molecule has 0 radical (unpaired) electrons. The van der Waals surface area contributed by atoms with E-state index < -0.39 is 5.97 Å². The maximum Gasteiger partial charge on any atom is 0.331 e. The molecule has 0 bridgehead atoms. The summed E-state index contributed by atoms with van der Waals surface area (Å²) in [6.07, 6.45) is 6.02. The maximum absolute atomic E-state index is 12.4. The van der Waals surface area contributed by atoms with Crippen molar-refractivity contribution in [2.24, 2.45) is 0 Å². The summed E-state index contributed by atoms with van der Waals surface area (Å²) in [5, 5.41) is 0. The smallest absolute Gasteiger partial charge is 0.331 e. The van der Waals surface area contributed by atoms with Crippen LogP contribution in [0.1, 0.15) is 37.0 Å². The summed E-state index contributed by atoms with van der Waals surface area (Å²) in [7, 11) is 3.04. The Morgan fingerprint density at radius 2 is 1.83 bits per heavy atom. The molecule has 1 aromatic rings. The van der Waals surface area contributed by atoms with Crippen LogP contribution in [-0.2, 0) is 9.53 Å². The van der Waals surface area contributed by atoms with Gasteiger partial charge in [-0.25, -0.2) is 4.79 Å². The van der Waals surface area contributed by atoms with E-state index in [1.165, 1.54) is 26.4 Å². The second-order valence-corrected chi connectivity index (χ2v) is 4.99. The minimum absolute atomic E-state index is 0.225. The molecule has 1 aromatic carbocycles. The minimum Gasteiger partial charge on any atom is -0.497 e. The average molecular weight is 332 g/mol. The molecule has 0 aromatic heterocycles. The molecule has 0 heterocycles. The summed E-state index contributed by atoms with van der Waals surface area (Å²) in [4.78, 5) is 24.0. The summed E-state index contributed by atoms with van der Waals surface area (Å²) in [5.41, 5.74) is 1.14. The number of hydrogen-bond acceptors (Lipinski definition) is 5. The Labute approximate surface area is 142 Å². The summed E-state index contributed by atoms with van der Waals surface area (Å²) in [5.74, 6) is 0.411. The van der Waals surface area contributed by atoms with Crippen LogP contribution < -0.4 is 9.47 Å². The Hall–Kier alpha value is -2.56. The van der Waals surface area contributed by atoms with Crippen molar-refractivity contribution < 1.29 is 23.8 Å². The molecule has 24 heavy (non-hydrogen) atoms. The molecule has 0 N–H and O–H groups in total. The van der Waals surface area contributed by atoms with Crippen molar-refractivity contribution in [1.29, 1.82) is 0 Å². The Kier molecular flexibility index (Phi) is 8.33. The second kappa shape index (κ2) is 10.3. The van der Waals surface area contributed by atoms with Gasteiger partial charge in [0.25, 0.3) is 0 Å². The van der Waals surface area contributed by atoms with E-state index in [1.54, 1.807) is 31.2 Å². The van der Waals surface area contributed by atoms with Gasteiger partial charge in [-0.3, -0.25) is 4.79 Å². The van der Waals surface area contributed by atoms with Crippen LogP contribution in [0.2, 0.25) is 0 Å². The van der Waals surface area contributed by atoms with E-state index in [0.29, 0.717) is 30.1 Å². The van der Waals surface area contributed by atoms with Crippen LogP contribution in [0.4, 0.5) is 0 Å². The van der Waals surface area contributed by atoms with Crippen LogP contribution in [0.3, 0.4) is 0 Å². The van der Waals surface area contributed by atoms with E-state index in [0.717, 1.165) is 12.0 Å². The van der Waals surface area contributed by atoms with Crippen LogP contribution in [0, 0.1) is 0 Å². The van der Waals surface area contributed by atoms with Gasteiger partial charge in [0.1, 0.15) is 11.5 Å². The Morgan fingerprint density at radius 1 is 1.08 bits per heavy atom. The highest BCUT2D eigenvalue weighted by molar-refractivity contribution is 6.07. The van der Waals surface area contributed by atoms with Gasteiger partial charge in [-0.1, -0.05) is 19.4 Å². The highest BCUT2D eigenvalue weighted by Gasteiger charge is 2.11. The van der Waals surface area contributed by atoms with Crippen molar-refractivity contribution in [2.75, 3.05) is 20.8 Å². The van der Waals surface area contributed by atoms with Crippen molar-refractivity contribution in [1.82, 2.24) is 0 Å². The SMILES string of the molecule is CCCC(C=CC(=O)c1cc(OC)ccc1OC)=CC(=O)OCC. The molecule has 0 amide bonds. The predicted molar refractivity (Wildman–Crippen MR) is 92.6 cm³/mol. The van der Waals surface area contributed by atoms with Gasteiger partial charge in [0.2, 0.25) is 0 Å². The van der Waals surface area contributed by atoms with E-state index in [1.807, 2.05) is 6.92 Å². The number of carbonyl (C=O) groups is 2. The van der Waals surface area contributed by atoms with Gasteiger partial charge in [0, 0.05) is 6.08 Å². The molecule has 5 nitrogen and oxygen atoms in total. The normalized spacial score (nSPS) is 11.4. The first-order valence-corrected chi connectivity index (χ1v) is 7.87. The van der Waals surface area contributed by atoms with Gasteiger partial charge in [-0.05, 0) is 43.2 Å². The molecule has 0 spiro atoms. The van der Waals surface area contributed by atoms with Crippen LogP contribution in [-0.4, -0.2) is 32.6 Å². The Balaban J connectivity index is 3.02. The second-order valence-electron chi connectivity index (χ2n) is 4.99. The summed E-state index contributed by atoms with van der Waals surface area (Å²) in [6.45, 7) is 4.07. The topological polar surface area (TPSA) is 61.8 Å². The molecule has 0 fully saturated rings. The first-order valence-electron chi connectivity index (χ1n) is 7.87. The first-order chi connectivity index (χ1) is 11.5. The van der Waals surface area contributed by atoms with Crippen molar-refractivity contribution in [3.05, 3.63) is 47.6 Å². The molecule has 0 unspecified atom stereocenters. The van der Waals surface area contributed by atoms with Gasteiger partial charge in [-0.15, -0.1) is 0 Å². The summed E-state index contributed by atoms with van der Waals surface area (Å²) in [6, 6.07) is 5.03. The van der Waals surface area contributed by atoms with E-state index in [4.69, 9.17) is 14.2 Å². The number of ketones is 1. The first kappa shape index (κ1) is 19.5. The fraction of sp³-hybridized carbons (Fsp3) is 0.368. The monoisotopic (exact) mass is 332 g/mol. The van der Waals surface area contributed by atoms with Gasteiger partial charge in [-0.2, -0.15) is 0 Å². The highest BCUT2D eigenvalue weighted by atomic mass is 16.5. The molecule has 0 aliphatic heterocycles. The molecule has 0 atom stereocenters. The van der Waals surface area contributed by atoms with Crippen molar-refractivity contribution >= 4 is 11.8 Å². The van der Waals surface area contributed by atoms with Gasteiger partial charge in [0.15, 0.2) is 5.78 Å². The van der Waals surface area contributed by atoms with Gasteiger partial charge < -0.3 is 14.2 Å². The number of esters is 1. The highest BCUT2D eigenvalue weighted by Crippen LogP contribution is 2.25. The van der Waals surface area contributed by atoms with Crippen molar-refractivity contribution in [3.63, 3.8) is 0 Å². The van der Waals surface area contributed by atoms with Crippen molar-refractivity contribution in [3.8, 4) is 11.5 Å². The Bertz CT molecular complexity index is 629. The molecule has 0 saturated carbocycles. The van der Waals surface area contributed by atoms with E-state index in [-0.39, 0.29) is 5.78 Å². The fourth-order valence-electron chi connectivity index (χ4n) is 2.11. The molecule has 0 aliphatic carbocycles. The predicted octanol–water partition coefficient (Wildman–Crippen LogP) is 3.73. The molecular formula is C19H24O5. The lowest BCUT2D eigenvalue weighted by atomic mass is 10.1. The number of ether oxygens (including phenoxy) is 3. The standard InChI is InChI=1S/C19H24O5/c1-5-7-14(12-19(21)24-6-2)8-10-17(20)16-13-15(22-3)9-11-18(16)23-4/h8-13H,5-7H2,1-4H3. The van der Waals surface area contributed by atoms with Crippen LogP contribution in [0.5, 0.6) is 11.5 Å². The quantitative estimate of drug-likeness (QED) is 0.298. The zero-order valence-electron chi connectivity index (χ0n) is 14.6. The average Bonchev–Trinajstić information content (AvgIpc) is 2.59. The molecule has 1 rings (SSSR count). The number of carbonyl (C=O) groups excluding carboxylic acids is 2. The number of rotatable bonds is 9. The lowest BCUT2D eigenvalue weighted by Gasteiger charge is -2.08. The minimum atomic E-state index is -0.406. The zero-order valence-corrected chi connectivity index (χ0v) is 14.6. The van der Waals surface area contributed by atoms with Gasteiger partial charge >= 0.3 is 5.97 Å².